The lowest BCUT2D eigenvalue weighted by Crippen LogP contribution is -2.23. The minimum Gasteiger partial charge on any atom is -0.372 e. The second kappa shape index (κ2) is 9.50. The molecule has 1 amide bonds. The first kappa shape index (κ1) is 19.4. The Kier molecular flexibility index (Phi) is 6.57. The van der Waals surface area contributed by atoms with Crippen LogP contribution in [0.1, 0.15) is 29.9 Å². The summed E-state index contributed by atoms with van der Waals surface area (Å²) >= 11 is 0. The van der Waals surface area contributed by atoms with Crippen LogP contribution < -0.4 is 15.5 Å². The van der Waals surface area contributed by atoms with E-state index in [0.717, 1.165) is 30.0 Å². The zero-order valence-electron chi connectivity index (χ0n) is 16.2. The number of nitrogens with one attached hydrogen (secondary N) is 2. The SMILES string of the molecule is CCN(CC)c1ccc(Nc2ccnc(C(=O)NCc3cccnc3)c2)cc1. The van der Waals surface area contributed by atoms with Crippen molar-refractivity contribution in [3.8, 4) is 0 Å². The van der Waals surface area contributed by atoms with E-state index in [2.05, 4.69) is 51.5 Å². The highest BCUT2D eigenvalue weighted by Gasteiger charge is 2.08. The average Bonchev–Trinajstić information content (AvgIpc) is 2.75. The average molecular weight is 375 g/mol. The van der Waals surface area contributed by atoms with Crippen molar-refractivity contribution in [3.63, 3.8) is 0 Å². The number of nitrogens with zero attached hydrogens (tertiary/aromatic N) is 3. The summed E-state index contributed by atoms with van der Waals surface area (Å²) in [7, 11) is 0. The van der Waals surface area contributed by atoms with Crippen molar-refractivity contribution >= 4 is 23.0 Å². The summed E-state index contributed by atoms with van der Waals surface area (Å²) in [5.74, 6) is -0.218. The molecule has 2 heterocycles. The number of aromatic nitrogens is 2. The zero-order valence-corrected chi connectivity index (χ0v) is 16.2. The second-order valence-corrected chi connectivity index (χ2v) is 6.32. The van der Waals surface area contributed by atoms with Gasteiger partial charge < -0.3 is 15.5 Å². The van der Waals surface area contributed by atoms with Gasteiger partial charge in [0.2, 0.25) is 0 Å². The van der Waals surface area contributed by atoms with E-state index in [0.29, 0.717) is 12.2 Å². The minimum atomic E-state index is -0.218. The Balaban J connectivity index is 1.63. The summed E-state index contributed by atoms with van der Waals surface area (Å²) < 4.78 is 0. The Hall–Kier alpha value is -3.41. The maximum atomic E-state index is 12.4. The highest BCUT2D eigenvalue weighted by atomic mass is 16.1. The van der Waals surface area contributed by atoms with Gasteiger partial charge in [0.1, 0.15) is 5.69 Å². The molecule has 6 nitrogen and oxygen atoms in total. The molecule has 0 aliphatic rings. The quantitative estimate of drug-likeness (QED) is 0.623. The van der Waals surface area contributed by atoms with Crippen LogP contribution in [0, 0.1) is 0 Å². The third-order valence-electron chi connectivity index (χ3n) is 4.45. The van der Waals surface area contributed by atoms with Gasteiger partial charge >= 0.3 is 0 Å². The molecule has 0 atom stereocenters. The maximum absolute atomic E-state index is 12.4. The van der Waals surface area contributed by atoms with Gasteiger partial charge in [-0.25, -0.2) is 0 Å². The molecule has 0 saturated heterocycles. The number of carbonyl (C=O) groups excluding carboxylic acids is 1. The fourth-order valence-electron chi connectivity index (χ4n) is 2.92. The van der Waals surface area contributed by atoms with E-state index in [9.17, 15) is 4.79 Å². The number of rotatable bonds is 8. The molecule has 2 aromatic heterocycles. The van der Waals surface area contributed by atoms with Gasteiger partial charge in [0.05, 0.1) is 0 Å². The van der Waals surface area contributed by atoms with E-state index in [1.807, 2.05) is 30.3 Å². The lowest BCUT2D eigenvalue weighted by Gasteiger charge is -2.21. The van der Waals surface area contributed by atoms with Crippen molar-refractivity contribution < 1.29 is 4.79 Å². The number of amides is 1. The Morgan fingerprint density at radius 2 is 1.79 bits per heavy atom. The molecular weight excluding hydrogens is 350 g/mol. The third-order valence-corrected chi connectivity index (χ3v) is 4.45. The van der Waals surface area contributed by atoms with E-state index in [-0.39, 0.29) is 5.91 Å². The van der Waals surface area contributed by atoms with Gasteiger partial charge in [-0.05, 0) is 61.9 Å². The molecule has 0 aliphatic carbocycles. The molecule has 144 valence electrons. The Morgan fingerprint density at radius 3 is 2.46 bits per heavy atom. The molecule has 0 radical (unpaired) electrons. The normalized spacial score (nSPS) is 10.4. The molecule has 0 fully saturated rings. The van der Waals surface area contributed by atoms with Crippen LogP contribution in [-0.2, 0) is 6.54 Å². The number of pyridine rings is 2. The van der Waals surface area contributed by atoms with E-state index in [4.69, 9.17) is 0 Å². The van der Waals surface area contributed by atoms with Crippen molar-refractivity contribution in [2.24, 2.45) is 0 Å². The summed E-state index contributed by atoms with van der Waals surface area (Å²) in [5, 5.41) is 6.19. The van der Waals surface area contributed by atoms with Gasteiger partial charge in [-0.1, -0.05) is 6.07 Å². The summed E-state index contributed by atoms with van der Waals surface area (Å²) in [6.07, 6.45) is 5.07. The minimum absolute atomic E-state index is 0.218. The number of hydrogen-bond donors (Lipinski definition) is 2. The van der Waals surface area contributed by atoms with Crippen LogP contribution >= 0.6 is 0 Å². The molecule has 0 saturated carbocycles. The molecule has 3 rings (SSSR count). The van der Waals surface area contributed by atoms with Gasteiger partial charge in [0, 0.05) is 55.3 Å². The molecule has 2 N–H and O–H groups in total. The number of carbonyl (C=O) groups is 1. The van der Waals surface area contributed by atoms with Crippen LogP contribution in [0.3, 0.4) is 0 Å². The summed E-state index contributed by atoms with van der Waals surface area (Å²) in [6.45, 7) is 6.66. The molecular formula is C22H25N5O. The maximum Gasteiger partial charge on any atom is 0.270 e. The first-order valence-electron chi connectivity index (χ1n) is 9.44. The van der Waals surface area contributed by atoms with E-state index >= 15 is 0 Å². The Morgan fingerprint density at radius 1 is 1.00 bits per heavy atom. The zero-order chi connectivity index (χ0) is 19.8. The predicted molar refractivity (Wildman–Crippen MR) is 113 cm³/mol. The summed E-state index contributed by atoms with van der Waals surface area (Å²) in [5.41, 5.74) is 4.29. The molecule has 0 aliphatic heterocycles. The third kappa shape index (κ3) is 5.07. The molecule has 0 bridgehead atoms. The molecule has 1 aromatic carbocycles. The van der Waals surface area contributed by atoms with Crippen LogP contribution in [0.15, 0.2) is 67.1 Å². The highest BCUT2D eigenvalue weighted by Crippen LogP contribution is 2.21. The summed E-state index contributed by atoms with van der Waals surface area (Å²) in [6, 6.07) is 15.6. The first-order valence-corrected chi connectivity index (χ1v) is 9.44. The van der Waals surface area contributed by atoms with Crippen LogP contribution in [0.5, 0.6) is 0 Å². The van der Waals surface area contributed by atoms with Crippen LogP contribution in [0.4, 0.5) is 17.1 Å². The monoisotopic (exact) mass is 375 g/mol. The van der Waals surface area contributed by atoms with Crippen molar-refractivity contribution in [3.05, 3.63) is 78.4 Å². The van der Waals surface area contributed by atoms with Crippen molar-refractivity contribution in [2.45, 2.75) is 20.4 Å². The van der Waals surface area contributed by atoms with Crippen molar-refractivity contribution in [2.75, 3.05) is 23.3 Å². The van der Waals surface area contributed by atoms with Crippen molar-refractivity contribution in [1.82, 2.24) is 15.3 Å². The fourth-order valence-corrected chi connectivity index (χ4v) is 2.92. The van der Waals surface area contributed by atoms with E-state index in [1.165, 1.54) is 5.69 Å². The largest absolute Gasteiger partial charge is 0.372 e. The Labute approximate surface area is 165 Å². The van der Waals surface area contributed by atoms with Gasteiger partial charge in [-0.15, -0.1) is 0 Å². The van der Waals surface area contributed by atoms with E-state index in [1.54, 1.807) is 24.7 Å². The van der Waals surface area contributed by atoms with Gasteiger partial charge in [-0.3, -0.25) is 14.8 Å². The lowest BCUT2D eigenvalue weighted by atomic mass is 10.2. The van der Waals surface area contributed by atoms with Gasteiger partial charge in [0.15, 0.2) is 0 Å². The molecule has 6 heteroatoms. The van der Waals surface area contributed by atoms with Crippen LogP contribution in [0.2, 0.25) is 0 Å². The topological polar surface area (TPSA) is 70.2 Å². The van der Waals surface area contributed by atoms with Gasteiger partial charge in [0.25, 0.3) is 5.91 Å². The van der Waals surface area contributed by atoms with Gasteiger partial charge in [-0.2, -0.15) is 0 Å². The standard InChI is InChI=1S/C22H25N5O/c1-3-27(4-2)20-9-7-18(8-10-20)26-19-11-13-24-21(14-19)22(28)25-16-17-6-5-12-23-15-17/h5-15H,3-4,16H2,1-2H3,(H,24,26)(H,25,28). The second-order valence-electron chi connectivity index (χ2n) is 6.32. The van der Waals surface area contributed by atoms with Crippen molar-refractivity contribution in [1.29, 1.82) is 0 Å². The smallest absolute Gasteiger partial charge is 0.270 e. The predicted octanol–water partition coefficient (Wildman–Crippen LogP) is 4.00. The number of hydrogen-bond acceptors (Lipinski definition) is 5. The number of benzene rings is 1. The highest BCUT2D eigenvalue weighted by molar-refractivity contribution is 5.93. The lowest BCUT2D eigenvalue weighted by molar-refractivity contribution is 0.0946. The first-order chi connectivity index (χ1) is 13.7. The number of anilines is 3. The molecule has 3 aromatic rings. The van der Waals surface area contributed by atoms with E-state index < -0.39 is 0 Å². The fraction of sp³-hybridized carbons (Fsp3) is 0.227. The van der Waals surface area contributed by atoms with Crippen LogP contribution in [-0.4, -0.2) is 29.0 Å². The molecule has 28 heavy (non-hydrogen) atoms. The molecule has 0 unspecified atom stereocenters. The molecule has 0 spiro atoms. The Bertz CT molecular complexity index is 892. The van der Waals surface area contributed by atoms with Crippen LogP contribution in [0.25, 0.3) is 0 Å². The summed E-state index contributed by atoms with van der Waals surface area (Å²) in [4.78, 5) is 22.9.